The van der Waals surface area contributed by atoms with Crippen LogP contribution in [-0.4, -0.2) is 12.7 Å². The van der Waals surface area contributed by atoms with Gasteiger partial charge in [-0.2, -0.15) is 0 Å². The van der Waals surface area contributed by atoms with Crippen LogP contribution in [0.4, 0.5) is 0 Å². The van der Waals surface area contributed by atoms with Crippen LogP contribution >= 0.6 is 0 Å². The van der Waals surface area contributed by atoms with E-state index in [-0.39, 0.29) is 0 Å². The van der Waals surface area contributed by atoms with E-state index in [4.69, 9.17) is 0 Å². The topological polar surface area (TPSA) is 24.1 Å². The second kappa shape index (κ2) is 8.02. The van der Waals surface area contributed by atoms with Crippen LogP contribution in [0.1, 0.15) is 40.0 Å². The van der Waals surface area contributed by atoms with Crippen molar-refractivity contribution < 1.29 is 0 Å². The minimum Gasteiger partial charge on any atom is -0.302 e. The molecule has 0 fully saturated rings. The van der Waals surface area contributed by atoms with Crippen molar-refractivity contribution >= 4 is 0 Å². The van der Waals surface area contributed by atoms with E-state index < -0.39 is 0 Å². The van der Waals surface area contributed by atoms with E-state index in [1.807, 2.05) is 0 Å². The Kier molecular flexibility index (Phi) is 7.96. The van der Waals surface area contributed by atoms with E-state index in [2.05, 4.69) is 37.9 Å². The number of rotatable bonds is 7. The Balaban J connectivity index is 3.25. The van der Waals surface area contributed by atoms with Crippen LogP contribution in [0.3, 0.4) is 0 Å². The summed E-state index contributed by atoms with van der Waals surface area (Å²) in [6.45, 7) is 9.71. The average Bonchev–Trinajstić information content (AvgIpc) is 2.05. The minimum atomic E-state index is 0.468. The second-order valence-corrected chi connectivity index (χ2v) is 2.69. The molecule has 0 rings (SSSR count). The molecule has 0 spiro atoms. The van der Waals surface area contributed by atoms with Crippen molar-refractivity contribution in [3.05, 3.63) is 6.54 Å². The van der Waals surface area contributed by atoms with Crippen molar-refractivity contribution in [2.24, 2.45) is 0 Å². The van der Waals surface area contributed by atoms with E-state index in [1.165, 1.54) is 6.42 Å². The smallest absolute Gasteiger partial charge is 0.0571 e. The summed E-state index contributed by atoms with van der Waals surface area (Å²) >= 11 is 0. The van der Waals surface area contributed by atoms with Crippen molar-refractivity contribution in [3.8, 4) is 0 Å². The number of nitrogens with one attached hydrogen (secondary N) is 2. The van der Waals surface area contributed by atoms with Crippen LogP contribution in [0.15, 0.2) is 0 Å². The number of hydrogen-bond acceptors (Lipinski definition) is 2. The van der Waals surface area contributed by atoms with E-state index in [0.29, 0.717) is 6.17 Å². The minimum absolute atomic E-state index is 0.468. The average molecular weight is 157 g/mol. The lowest BCUT2D eigenvalue weighted by Crippen LogP contribution is -2.40. The molecule has 1 atom stereocenters. The summed E-state index contributed by atoms with van der Waals surface area (Å²) < 4.78 is 0. The molecule has 0 bridgehead atoms. The fourth-order valence-corrected chi connectivity index (χ4v) is 0.900. The molecular formula is C9H21N2. The zero-order chi connectivity index (χ0) is 8.53. The van der Waals surface area contributed by atoms with Gasteiger partial charge >= 0.3 is 0 Å². The molecule has 0 aromatic heterocycles. The van der Waals surface area contributed by atoms with Crippen molar-refractivity contribution in [2.75, 3.05) is 6.54 Å². The molecule has 0 saturated heterocycles. The fraction of sp³-hybridized carbons (Fsp3) is 0.889. The molecule has 0 aliphatic rings. The predicted octanol–water partition coefficient (Wildman–Crippen LogP) is 1.88. The Morgan fingerprint density at radius 2 is 2.00 bits per heavy atom. The van der Waals surface area contributed by atoms with E-state index in [9.17, 15) is 0 Å². The Hall–Kier alpha value is -0.0800. The van der Waals surface area contributed by atoms with Gasteiger partial charge < -0.3 is 5.32 Å². The van der Waals surface area contributed by atoms with Gasteiger partial charge in [-0.3, -0.25) is 5.32 Å². The zero-order valence-corrected chi connectivity index (χ0v) is 7.98. The Morgan fingerprint density at radius 1 is 1.27 bits per heavy atom. The van der Waals surface area contributed by atoms with Gasteiger partial charge in [0.1, 0.15) is 0 Å². The second-order valence-electron chi connectivity index (χ2n) is 2.69. The molecule has 0 aliphatic heterocycles. The van der Waals surface area contributed by atoms with Crippen molar-refractivity contribution in [1.29, 1.82) is 0 Å². The van der Waals surface area contributed by atoms with Crippen LogP contribution in [0, 0.1) is 6.54 Å². The quantitative estimate of drug-likeness (QED) is 0.551. The highest BCUT2D eigenvalue weighted by Crippen LogP contribution is 1.89. The third-order valence-electron chi connectivity index (χ3n) is 1.57. The molecule has 0 aliphatic carbocycles. The fourth-order valence-electron chi connectivity index (χ4n) is 0.900. The molecule has 1 radical (unpaired) electrons. The van der Waals surface area contributed by atoms with Gasteiger partial charge in [-0.25, -0.2) is 0 Å². The predicted molar refractivity (Wildman–Crippen MR) is 50.1 cm³/mol. The number of hydrogen-bond donors (Lipinski definition) is 2. The summed E-state index contributed by atoms with van der Waals surface area (Å²) in [6, 6.07) is 0. The Labute approximate surface area is 70.8 Å². The lowest BCUT2D eigenvalue weighted by Gasteiger charge is -2.17. The van der Waals surface area contributed by atoms with Crippen LogP contribution in [0.5, 0.6) is 0 Å². The molecule has 0 aromatic carbocycles. The van der Waals surface area contributed by atoms with Gasteiger partial charge in [0, 0.05) is 6.54 Å². The van der Waals surface area contributed by atoms with E-state index in [1.54, 1.807) is 0 Å². The summed E-state index contributed by atoms with van der Waals surface area (Å²) in [6.07, 6.45) is 3.89. The van der Waals surface area contributed by atoms with E-state index in [0.717, 1.165) is 19.4 Å². The summed E-state index contributed by atoms with van der Waals surface area (Å²) in [4.78, 5) is 0. The molecule has 67 valence electrons. The van der Waals surface area contributed by atoms with Crippen molar-refractivity contribution in [2.45, 2.75) is 46.2 Å². The van der Waals surface area contributed by atoms with Crippen molar-refractivity contribution in [1.82, 2.24) is 10.6 Å². The maximum atomic E-state index is 3.41. The SMILES string of the molecule is CC[CH]NC(CC)NCCC. The molecule has 0 aromatic rings. The Bertz CT molecular complexity index is 66.0. The van der Waals surface area contributed by atoms with Gasteiger partial charge in [0.05, 0.1) is 6.17 Å². The largest absolute Gasteiger partial charge is 0.302 e. The lowest BCUT2D eigenvalue weighted by molar-refractivity contribution is 0.439. The Morgan fingerprint density at radius 3 is 2.45 bits per heavy atom. The monoisotopic (exact) mass is 157 g/mol. The lowest BCUT2D eigenvalue weighted by atomic mass is 10.3. The first-order valence-corrected chi connectivity index (χ1v) is 4.66. The summed E-state index contributed by atoms with van der Waals surface area (Å²) in [5, 5.41) is 6.73. The normalized spacial score (nSPS) is 10.9. The van der Waals surface area contributed by atoms with Gasteiger partial charge in [-0.15, -0.1) is 0 Å². The molecule has 0 saturated carbocycles. The maximum absolute atomic E-state index is 3.41. The van der Waals surface area contributed by atoms with Crippen LogP contribution in [-0.2, 0) is 0 Å². The first kappa shape index (κ1) is 10.9. The van der Waals surface area contributed by atoms with Crippen LogP contribution in [0.2, 0.25) is 0 Å². The first-order chi connectivity index (χ1) is 5.35. The zero-order valence-electron chi connectivity index (χ0n) is 7.98. The van der Waals surface area contributed by atoms with E-state index >= 15 is 0 Å². The summed E-state index contributed by atoms with van der Waals surface area (Å²) in [7, 11) is 0. The first-order valence-electron chi connectivity index (χ1n) is 4.66. The maximum Gasteiger partial charge on any atom is 0.0571 e. The van der Waals surface area contributed by atoms with Gasteiger partial charge in [-0.1, -0.05) is 20.8 Å². The van der Waals surface area contributed by atoms with Crippen LogP contribution in [0.25, 0.3) is 0 Å². The van der Waals surface area contributed by atoms with Gasteiger partial charge in [0.25, 0.3) is 0 Å². The molecule has 2 N–H and O–H groups in total. The molecule has 11 heavy (non-hydrogen) atoms. The standard InChI is InChI=1S/C9H21N2/c1-4-7-10-9(6-3)11-8-5-2/h7,9-11H,4-6,8H2,1-3H3. The van der Waals surface area contributed by atoms with Crippen molar-refractivity contribution in [3.63, 3.8) is 0 Å². The molecular weight excluding hydrogens is 136 g/mol. The summed E-state index contributed by atoms with van der Waals surface area (Å²) in [5.41, 5.74) is 0. The highest BCUT2D eigenvalue weighted by atomic mass is 15.1. The molecule has 0 heterocycles. The highest BCUT2D eigenvalue weighted by molar-refractivity contribution is 4.67. The molecule has 0 amide bonds. The summed E-state index contributed by atoms with van der Waals surface area (Å²) in [5.74, 6) is 0. The van der Waals surface area contributed by atoms with Crippen LogP contribution < -0.4 is 10.6 Å². The highest BCUT2D eigenvalue weighted by Gasteiger charge is 2.00. The molecule has 1 unspecified atom stereocenters. The third-order valence-corrected chi connectivity index (χ3v) is 1.57. The van der Waals surface area contributed by atoms with Gasteiger partial charge in [-0.05, 0) is 25.8 Å². The third kappa shape index (κ3) is 6.32. The van der Waals surface area contributed by atoms with Gasteiger partial charge in [0.15, 0.2) is 0 Å². The molecule has 2 nitrogen and oxygen atoms in total. The molecule has 2 heteroatoms. The van der Waals surface area contributed by atoms with Gasteiger partial charge in [0.2, 0.25) is 0 Å².